The third kappa shape index (κ3) is 2.80. The lowest BCUT2D eigenvalue weighted by Gasteiger charge is -2.04. The van der Waals surface area contributed by atoms with Crippen LogP contribution in [-0.2, 0) is 18.6 Å². The van der Waals surface area contributed by atoms with E-state index in [9.17, 15) is 17.6 Å². The van der Waals surface area contributed by atoms with Crippen molar-refractivity contribution in [3.05, 3.63) is 41.5 Å². The summed E-state index contributed by atoms with van der Waals surface area (Å²) in [5, 5.41) is 0.341. The van der Waals surface area contributed by atoms with Crippen LogP contribution in [0.4, 0.5) is 17.6 Å². The van der Waals surface area contributed by atoms with Crippen molar-refractivity contribution >= 4 is 15.9 Å². The van der Waals surface area contributed by atoms with Gasteiger partial charge in [-0.1, -0.05) is 28.1 Å². The highest BCUT2D eigenvalue weighted by atomic mass is 79.9. The summed E-state index contributed by atoms with van der Waals surface area (Å²) in [5.41, 5.74) is -0.246. The Kier molecular flexibility index (Phi) is 3.66. The first-order chi connectivity index (χ1) is 8.82. The highest BCUT2D eigenvalue weighted by molar-refractivity contribution is 9.08. The van der Waals surface area contributed by atoms with Crippen LogP contribution in [0.3, 0.4) is 0 Å². The van der Waals surface area contributed by atoms with Gasteiger partial charge in [0.25, 0.3) is 0 Å². The van der Waals surface area contributed by atoms with Crippen LogP contribution in [0.5, 0.6) is 0 Å². The van der Waals surface area contributed by atoms with Gasteiger partial charge in [-0.05, 0) is 11.6 Å². The quantitative estimate of drug-likeness (QED) is 0.595. The van der Waals surface area contributed by atoms with E-state index in [4.69, 9.17) is 0 Å². The first-order valence-corrected chi connectivity index (χ1v) is 6.40. The number of aryl methyl sites for hydroxylation is 1. The average Bonchev–Trinajstić information content (AvgIpc) is 2.71. The minimum atomic E-state index is -4.51. The second-order valence-electron chi connectivity index (χ2n) is 4.00. The largest absolute Gasteiger partial charge is 0.434 e. The van der Waals surface area contributed by atoms with Gasteiger partial charge in [-0.3, -0.25) is 0 Å². The molecule has 0 fully saturated rings. The maximum atomic E-state index is 13.6. The molecule has 0 amide bonds. The Bertz CT molecular complexity index is 604. The molecule has 0 aliphatic heterocycles. The number of rotatable bonds is 2. The van der Waals surface area contributed by atoms with Gasteiger partial charge in [-0.25, -0.2) is 9.37 Å². The zero-order chi connectivity index (χ0) is 14.2. The van der Waals surface area contributed by atoms with Crippen LogP contribution in [0, 0.1) is 5.82 Å². The Morgan fingerprint density at radius 2 is 2.00 bits per heavy atom. The summed E-state index contributed by atoms with van der Waals surface area (Å²) >= 11 is 3.12. The standard InChI is InChI=1S/C12H9BrF4N2/c1-19-6-10(12(15,16)17)18-11(19)7-2-3-8(5-13)9(14)4-7/h2-4,6H,5H2,1H3. The van der Waals surface area contributed by atoms with Gasteiger partial charge in [-0.2, -0.15) is 13.2 Å². The van der Waals surface area contributed by atoms with Gasteiger partial charge in [-0.15, -0.1) is 0 Å². The van der Waals surface area contributed by atoms with Gasteiger partial charge in [0.2, 0.25) is 0 Å². The Morgan fingerprint density at radius 1 is 1.32 bits per heavy atom. The van der Waals surface area contributed by atoms with Crippen LogP contribution in [0.25, 0.3) is 11.4 Å². The fraction of sp³-hybridized carbons (Fsp3) is 0.250. The van der Waals surface area contributed by atoms with Crippen molar-refractivity contribution in [2.45, 2.75) is 11.5 Å². The third-order valence-electron chi connectivity index (χ3n) is 2.62. The molecule has 0 N–H and O–H groups in total. The topological polar surface area (TPSA) is 17.8 Å². The minimum absolute atomic E-state index is 0.0762. The Balaban J connectivity index is 2.48. The summed E-state index contributed by atoms with van der Waals surface area (Å²) in [6.07, 6.45) is -3.63. The molecule has 19 heavy (non-hydrogen) atoms. The molecule has 1 aromatic heterocycles. The Morgan fingerprint density at radius 3 is 2.47 bits per heavy atom. The van der Waals surface area contributed by atoms with Gasteiger partial charge in [0, 0.05) is 24.1 Å². The van der Waals surface area contributed by atoms with E-state index in [0.717, 1.165) is 6.20 Å². The van der Waals surface area contributed by atoms with E-state index in [1.807, 2.05) is 0 Å². The molecule has 1 aromatic carbocycles. The smallest absolute Gasteiger partial charge is 0.333 e. The molecule has 1 heterocycles. The molecule has 7 heteroatoms. The summed E-state index contributed by atoms with van der Waals surface area (Å²) in [4.78, 5) is 3.51. The highest BCUT2D eigenvalue weighted by Crippen LogP contribution is 2.31. The van der Waals surface area contributed by atoms with Crippen molar-refractivity contribution in [2.24, 2.45) is 7.05 Å². The van der Waals surface area contributed by atoms with Crippen LogP contribution >= 0.6 is 15.9 Å². The molecule has 0 spiro atoms. The zero-order valence-corrected chi connectivity index (χ0v) is 11.4. The number of hydrogen-bond acceptors (Lipinski definition) is 1. The van der Waals surface area contributed by atoms with E-state index < -0.39 is 17.7 Å². The van der Waals surface area contributed by atoms with Crippen molar-refractivity contribution in [3.8, 4) is 11.4 Å². The van der Waals surface area contributed by atoms with Crippen molar-refractivity contribution in [1.29, 1.82) is 0 Å². The van der Waals surface area contributed by atoms with Gasteiger partial charge in [0.1, 0.15) is 11.6 Å². The van der Waals surface area contributed by atoms with Crippen molar-refractivity contribution < 1.29 is 17.6 Å². The number of halogens is 5. The second kappa shape index (κ2) is 4.96. The van der Waals surface area contributed by atoms with Crippen LogP contribution in [0.15, 0.2) is 24.4 Å². The molecule has 0 aliphatic rings. The van der Waals surface area contributed by atoms with Crippen LogP contribution in [-0.4, -0.2) is 9.55 Å². The molecule has 2 nitrogen and oxygen atoms in total. The van der Waals surface area contributed by atoms with Crippen molar-refractivity contribution in [3.63, 3.8) is 0 Å². The normalized spacial score (nSPS) is 11.9. The molecule has 102 valence electrons. The highest BCUT2D eigenvalue weighted by Gasteiger charge is 2.34. The first kappa shape index (κ1) is 14.0. The molecule has 0 saturated heterocycles. The lowest BCUT2D eigenvalue weighted by atomic mass is 10.1. The lowest BCUT2D eigenvalue weighted by molar-refractivity contribution is -0.140. The van der Waals surface area contributed by atoms with E-state index in [2.05, 4.69) is 20.9 Å². The van der Waals surface area contributed by atoms with Gasteiger partial charge in [0.15, 0.2) is 5.69 Å². The average molecular weight is 337 g/mol. The van der Waals surface area contributed by atoms with Crippen molar-refractivity contribution in [2.75, 3.05) is 0 Å². The molecule has 2 rings (SSSR count). The number of alkyl halides is 4. The number of aromatic nitrogens is 2. The summed E-state index contributed by atoms with van der Waals surface area (Å²) in [6.45, 7) is 0. The first-order valence-electron chi connectivity index (χ1n) is 5.28. The molecule has 2 aromatic rings. The van der Waals surface area contributed by atoms with E-state index in [0.29, 0.717) is 16.5 Å². The van der Waals surface area contributed by atoms with Crippen LogP contribution in [0.1, 0.15) is 11.3 Å². The summed E-state index contributed by atoms with van der Waals surface area (Å²) in [5.74, 6) is -0.404. The number of imidazole rings is 1. The zero-order valence-electron chi connectivity index (χ0n) is 9.80. The number of hydrogen-bond donors (Lipinski definition) is 0. The van der Waals surface area contributed by atoms with Crippen LogP contribution < -0.4 is 0 Å². The van der Waals surface area contributed by atoms with Gasteiger partial charge < -0.3 is 4.57 Å². The molecular weight excluding hydrogens is 328 g/mol. The second-order valence-corrected chi connectivity index (χ2v) is 4.56. The fourth-order valence-corrected chi connectivity index (χ4v) is 2.12. The minimum Gasteiger partial charge on any atom is -0.333 e. The van der Waals surface area contributed by atoms with Gasteiger partial charge >= 0.3 is 6.18 Å². The third-order valence-corrected chi connectivity index (χ3v) is 3.23. The summed E-state index contributed by atoms with van der Waals surface area (Å²) in [6, 6.07) is 4.24. The molecule has 0 aliphatic carbocycles. The van der Waals surface area contributed by atoms with Crippen LogP contribution in [0.2, 0.25) is 0 Å². The molecule has 0 unspecified atom stereocenters. The van der Waals surface area contributed by atoms with E-state index in [1.54, 1.807) is 6.07 Å². The van der Waals surface area contributed by atoms with E-state index in [1.165, 1.54) is 23.7 Å². The lowest BCUT2D eigenvalue weighted by Crippen LogP contribution is -2.04. The van der Waals surface area contributed by atoms with E-state index in [-0.39, 0.29) is 5.82 Å². The SMILES string of the molecule is Cn1cc(C(F)(F)F)nc1-c1ccc(CBr)c(F)c1. The molecule has 0 saturated carbocycles. The molecule has 0 radical (unpaired) electrons. The van der Waals surface area contributed by atoms with Crippen molar-refractivity contribution in [1.82, 2.24) is 9.55 Å². The predicted octanol–water partition coefficient (Wildman–Crippen LogP) is 4.14. The monoisotopic (exact) mass is 336 g/mol. The summed E-state index contributed by atoms with van der Waals surface area (Å²) < 4.78 is 52.5. The molecule has 0 atom stereocenters. The fourth-order valence-electron chi connectivity index (χ4n) is 1.67. The maximum absolute atomic E-state index is 13.6. The van der Waals surface area contributed by atoms with E-state index >= 15 is 0 Å². The number of benzene rings is 1. The Hall–Kier alpha value is -1.37. The molecular formula is C12H9BrF4N2. The summed E-state index contributed by atoms with van der Waals surface area (Å²) in [7, 11) is 1.44. The number of nitrogens with zero attached hydrogens (tertiary/aromatic N) is 2. The maximum Gasteiger partial charge on any atom is 0.434 e. The Labute approximate surface area is 115 Å². The molecule has 0 bridgehead atoms. The predicted molar refractivity (Wildman–Crippen MR) is 66.2 cm³/mol. The van der Waals surface area contributed by atoms with Gasteiger partial charge in [0.05, 0.1) is 0 Å².